The Morgan fingerprint density at radius 2 is 2.50 bits per heavy atom. The number of carbonyl (C=O) groups is 1. The lowest BCUT2D eigenvalue weighted by atomic mass is 10.4. The van der Waals surface area contributed by atoms with Crippen LogP contribution in [0.4, 0.5) is 0 Å². The Hall–Kier alpha value is -1.52. The summed E-state index contributed by atoms with van der Waals surface area (Å²) in [6, 6.07) is 1.52. The van der Waals surface area contributed by atoms with Gasteiger partial charge in [-0.15, -0.1) is 5.10 Å². The summed E-state index contributed by atoms with van der Waals surface area (Å²) >= 11 is 0. The summed E-state index contributed by atoms with van der Waals surface area (Å²) in [5.41, 5.74) is 5.41. The predicted octanol–water partition coefficient (Wildman–Crippen LogP) is -0.0823. The van der Waals surface area contributed by atoms with Crippen LogP contribution in [0.5, 0.6) is 5.88 Å². The summed E-state index contributed by atoms with van der Waals surface area (Å²) < 4.78 is 6.47. The van der Waals surface area contributed by atoms with Crippen LogP contribution in [0.15, 0.2) is 6.07 Å². The van der Waals surface area contributed by atoms with E-state index in [-0.39, 0.29) is 0 Å². The second-order valence-corrected chi connectivity index (χ2v) is 2.29. The minimum Gasteiger partial charge on any atom is -0.477 e. The van der Waals surface area contributed by atoms with E-state index in [9.17, 15) is 4.79 Å². The molecule has 0 aliphatic rings. The molecule has 12 heavy (non-hydrogen) atoms. The highest BCUT2D eigenvalue weighted by molar-refractivity contribution is 5.91. The van der Waals surface area contributed by atoms with Crippen molar-refractivity contribution >= 4 is 5.91 Å². The van der Waals surface area contributed by atoms with Gasteiger partial charge >= 0.3 is 0 Å². The van der Waals surface area contributed by atoms with E-state index >= 15 is 0 Å². The van der Waals surface area contributed by atoms with Crippen molar-refractivity contribution in [2.45, 2.75) is 6.92 Å². The van der Waals surface area contributed by atoms with E-state index in [2.05, 4.69) is 5.10 Å². The number of aromatic nitrogens is 2. The first kappa shape index (κ1) is 8.58. The molecule has 0 fully saturated rings. The van der Waals surface area contributed by atoms with Crippen molar-refractivity contribution in [3.63, 3.8) is 0 Å². The van der Waals surface area contributed by atoms with Crippen LogP contribution >= 0.6 is 0 Å². The molecule has 1 rings (SSSR count). The topological polar surface area (TPSA) is 70.1 Å². The molecule has 5 nitrogen and oxygen atoms in total. The molecular weight excluding hydrogens is 158 g/mol. The number of hydrogen-bond donors (Lipinski definition) is 1. The van der Waals surface area contributed by atoms with Gasteiger partial charge in [-0.05, 0) is 6.92 Å². The van der Waals surface area contributed by atoms with Crippen molar-refractivity contribution in [1.29, 1.82) is 0 Å². The number of aryl methyl sites for hydroxylation is 1. The van der Waals surface area contributed by atoms with Gasteiger partial charge in [-0.1, -0.05) is 0 Å². The molecule has 5 heteroatoms. The minimum absolute atomic E-state index is 0.346. The Balaban J connectivity index is 2.92. The summed E-state index contributed by atoms with van der Waals surface area (Å²) in [4.78, 5) is 10.7. The lowest BCUT2D eigenvalue weighted by Gasteiger charge is -1.93. The van der Waals surface area contributed by atoms with Crippen LogP contribution in [0.1, 0.15) is 17.4 Å². The van der Waals surface area contributed by atoms with Crippen molar-refractivity contribution in [2.24, 2.45) is 12.8 Å². The van der Waals surface area contributed by atoms with Crippen LogP contribution in [0, 0.1) is 0 Å². The molecule has 0 unspecified atom stereocenters. The van der Waals surface area contributed by atoms with Gasteiger partial charge in [0.25, 0.3) is 5.91 Å². The Morgan fingerprint density at radius 3 is 2.92 bits per heavy atom. The number of nitrogens with zero attached hydrogens (tertiary/aromatic N) is 2. The SMILES string of the molecule is CCOc1cc(C(N)=O)n(C)n1. The van der Waals surface area contributed by atoms with Crippen LogP contribution < -0.4 is 10.5 Å². The molecule has 0 spiro atoms. The first-order valence-corrected chi connectivity index (χ1v) is 3.61. The summed E-state index contributed by atoms with van der Waals surface area (Å²) in [7, 11) is 1.64. The van der Waals surface area contributed by atoms with Gasteiger partial charge < -0.3 is 10.5 Å². The Morgan fingerprint density at radius 1 is 1.83 bits per heavy atom. The third-order valence-electron chi connectivity index (χ3n) is 1.40. The molecule has 0 radical (unpaired) electrons. The predicted molar refractivity (Wildman–Crippen MR) is 42.9 cm³/mol. The van der Waals surface area contributed by atoms with Crippen LogP contribution in [-0.4, -0.2) is 22.3 Å². The van der Waals surface area contributed by atoms with Gasteiger partial charge in [-0.25, -0.2) is 0 Å². The van der Waals surface area contributed by atoms with Gasteiger partial charge in [0.15, 0.2) is 0 Å². The molecule has 1 heterocycles. The number of rotatable bonds is 3. The van der Waals surface area contributed by atoms with Crippen molar-refractivity contribution in [3.8, 4) is 5.88 Å². The van der Waals surface area contributed by atoms with Crippen molar-refractivity contribution in [2.75, 3.05) is 6.61 Å². The van der Waals surface area contributed by atoms with Crippen molar-refractivity contribution in [1.82, 2.24) is 9.78 Å². The van der Waals surface area contributed by atoms with E-state index in [1.165, 1.54) is 10.7 Å². The zero-order valence-electron chi connectivity index (χ0n) is 7.07. The molecule has 0 aliphatic heterocycles. The monoisotopic (exact) mass is 169 g/mol. The summed E-state index contributed by atoms with van der Waals surface area (Å²) in [6.07, 6.45) is 0. The molecule has 1 amide bonds. The van der Waals surface area contributed by atoms with E-state index in [4.69, 9.17) is 10.5 Å². The average Bonchev–Trinajstić information content (AvgIpc) is 2.32. The van der Waals surface area contributed by atoms with E-state index < -0.39 is 5.91 Å². The Kier molecular flexibility index (Phi) is 2.32. The maximum absolute atomic E-state index is 10.7. The third kappa shape index (κ3) is 1.55. The lowest BCUT2D eigenvalue weighted by Crippen LogP contribution is -2.15. The number of amides is 1. The third-order valence-corrected chi connectivity index (χ3v) is 1.40. The van der Waals surface area contributed by atoms with E-state index in [1.54, 1.807) is 7.05 Å². The molecule has 0 saturated carbocycles. The number of hydrogen-bond acceptors (Lipinski definition) is 3. The van der Waals surface area contributed by atoms with E-state index in [1.807, 2.05) is 6.92 Å². The van der Waals surface area contributed by atoms with Crippen LogP contribution in [0.2, 0.25) is 0 Å². The fourth-order valence-electron chi connectivity index (χ4n) is 0.890. The molecule has 2 N–H and O–H groups in total. The fourth-order valence-corrected chi connectivity index (χ4v) is 0.890. The van der Waals surface area contributed by atoms with Crippen molar-refractivity contribution < 1.29 is 9.53 Å². The second kappa shape index (κ2) is 3.25. The normalized spacial score (nSPS) is 9.83. The highest BCUT2D eigenvalue weighted by Crippen LogP contribution is 2.09. The van der Waals surface area contributed by atoms with Crippen LogP contribution in [0.25, 0.3) is 0 Å². The molecule has 0 saturated heterocycles. The zero-order chi connectivity index (χ0) is 9.14. The zero-order valence-corrected chi connectivity index (χ0v) is 7.07. The first-order valence-electron chi connectivity index (χ1n) is 3.61. The van der Waals surface area contributed by atoms with Crippen LogP contribution in [0.3, 0.4) is 0 Å². The number of carbonyl (C=O) groups excluding carboxylic acids is 1. The number of nitrogens with two attached hydrogens (primary N) is 1. The lowest BCUT2D eigenvalue weighted by molar-refractivity contribution is 0.0991. The van der Waals surface area contributed by atoms with Crippen molar-refractivity contribution in [3.05, 3.63) is 11.8 Å². The summed E-state index contributed by atoms with van der Waals surface area (Å²) in [6.45, 7) is 2.37. The minimum atomic E-state index is -0.504. The van der Waals surface area contributed by atoms with Gasteiger partial charge in [0, 0.05) is 13.1 Å². The fraction of sp³-hybridized carbons (Fsp3) is 0.429. The highest BCUT2D eigenvalue weighted by atomic mass is 16.5. The molecule has 0 bridgehead atoms. The second-order valence-electron chi connectivity index (χ2n) is 2.29. The largest absolute Gasteiger partial charge is 0.477 e. The smallest absolute Gasteiger partial charge is 0.267 e. The van der Waals surface area contributed by atoms with E-state index in [0.717, 1.165) is 0 Å². The molecule has 1 aromatic rings. The number of ether oxygens (including phenoxy) is 1. The standard InChI is InChI=1S/C7H11N3O2/c1-3-12-6-4-5(7(8)11)10(2)9-6/h4H,3H2,1-2H3,(H2,8,11). The maximum Gasteiger partial charge on any atom is 0.267 e. The molecule has 0 atom stereocenters. The van der Waals surface area contributed by atoms with E-state index in [0.29, 0.717) is 18.2 Å². The molecule has 1 aromatic heterocycles. The number of primary amides is 1. The van der Waals surface area contributed by atoms with Gasteiger partial charge in [0.1, 0.15) is 5.69 Å². The summed E-state index contributed by atoms with van der Waals surface area (Å²) in [5.74, 6) is -0.0789. The maximum atomic E-state index is 10.7. The van der Waals surface area contributed by atoms with Gasteiger partial charge in [0.2, 0.25) is 5.88 Å². The average molecular weight is 169 g/mol. The first-order chi connectivity index (χ1) is 5.65. The van der Waals surface area contributed by atoms with Gasteiger partial charge in [0.05, 0.1) is 6.61 Å². The molecule has 66 valence electrons. The quantitative estimate of drug-likeness (QED) is 0.687. The van der Waals surface area contributed by atoms with Crippen LogP contribution in [-0.2, 0) is 7.05 Å². The molecule has 0 aromatic carbocycles. The molecule has 0 aliphatic carbocycles. The Bertz CT molecular complexity index is 293. The molecular formula is C7H11N3O2. The van der Waals surface area contributed by atoms with Gasteiger partial charge in [-0.3, -0.25) is 9.48 Å². The highest BCUT2D eigenvalue weighted by Gasteiger charge is 2.09. The van der Waals surface area contributed by atoms with Gasteiger partial charge in [-0.2, -0.15) is 0 Å². The Labute approximate surface area is 70.1 Å². The summed E-state index contributed by atoms with van der Waals surface area (Å²) in [5, 5.41) is 3.92.